The Hall–Kier alpha value is -0.120. The molecule has 0 aromatic rings. The Morgan fingerprint density at radius 1 is 1.44 bits per heavy atom. The summed E-state index contributed by atoms with van der Waals surface area (Å²) >= 11 is 0. The highest BCUT2D eigenvalue weighted by atomic mass is 16.5. The van der Waals surface area contributed by atoms with Crippen molar-refractivity contribution in [2.45, 2.75) is 33.1 Å². The van der Waals surface area contributed by atoms with Crippen LogP contribution in [-0.2, 0) is 9.47 Å². The second kappa shape index (κ2) is 7.25. The Kier molecular flexibility index (Phi) is 6.32. The van der Waals surface area contributed by atoms with Crippen LogP contribution < -0.4 is 5.32 Å². The number of rotatable bonds is 8. The summed E-state index contributed by atoms with van der Waals surface area (Å²) in [5, 5.41) is 3.49. The van der Waals surface area contributed by atoms with Crippen molar-refractivity contribution < 1.29 is 9.47 Å². The van der Waals surface area contributed by atoms with Gasteiger partial charge in [-0.1, -0.05) is 20.3 Å². The summed E-state index contributed by atoms with van der Waals surface area (Å²) in [6.45, 7) is 9.26. The van der Waals surface area contributed by atoms with Gasteiger partial charge in [0, 0.05) is 32.2 Å². The lowest BCUT2D eigenvalue weighted by molar-refractivity contribution is 0.135. The van der Waals surface area contributed by atoms with E-state index in [9.17, 15) is 0 Å². The van der Waals surface area contributed by atoms with E-state index in [4.69, 9.17) is 9.47 Å². The van der Waals surface area contributed by atoms with E-state index in [0.29, 0.717) is 5.41 Å². The van der Waals surface area contributed by atoms with E-state index in [1.165, 1.54) is 19.3 Å². The van der Waals surface area contributed by atoms with Crippen LogP contribution in [0.1, 0.15) is 33.1 Å². The van der Waals surface area contributed by atoms with Gasteiger partial charge in [-0.25, -0.2) is 0 Å². The van der Waals surface area contributed by atoms with E-state index in [2.05, 4.69) is 19.2 Å². The quantitative estimate of drug-likeness (QED) is 0.646. The third kappa shape index (κ3) is 4.81. The van der Waals surface area contributed by atoms with Crippen molar-refractivity contribution >= 4 is 0 Å². The largest absolute Gasteiger partial charge is 0.383 e. The normalized spacial score (nSPS) is 25.5. The monoisotopic (exact) mass is 229 g/mol. The Balaban J connectivity index is 2.27. The molecule has 0 amide bonds. The van der Waals surface area contributed by atoms with Crippen molar-refractivity contribution in [1.82, 2.24) is 5.32 Å². The highest BCUT2D eigenvalue weighted by Crippen LogP contribution is 2.34. The number of hydrogen-bond acceptors (Lipinski definition) is 3. The summed E-state index contributed by atoms with van der Waals surface area (Å²) < 4.78 is 10.6. The van der Waals surface area contributed by atoms with Crippen molar-refractivity contribution in [3.05, 3.63) is 0 Å². The molecule has 0 radical (unpaired) electrons. The van der Waals surface area contributed by atoms with E-state index in [1.807, 2.05) is 0 Å². The first-order valence-electron chi connectivity index (χ1n) is 6.46. The van der Waals surface area contributed by atoms with E-state index < -0.39 is 0 Å². The highest BCUT2D eigenvalue weighted by molar-refractivity contribution is 4.85. The molecule has 0 spiro atoms. The third-order valence-corrected chi connectivity index (χ3v) is 3.42. The molecular formula is C13H27NO2. The van der Waals surface area contributed by atoms with E-state index in [1.54, 1.807) is 7.11 Å². The smallest absolute Gasteiger partial charge is 0.0587 e. The average Bonchev–Trinajstić information content (AvgIpc) is 2.71. The second-order valence-corrected chi connectivity index (χ2v) is 5.40. The summed E-state index contributed by atoms with van der Waals surface area (Å²) in [5.41, 5.74) is 0.387. The molecule has 0 aromatic carbocycles. The first kappa shape index (κ1) is 13.9. The summed E-state index contributed by atoms with van der Waals surface area (Å²) in [6.07, 6.45) is 3.79. The molecule has 16 heavy (non-hydrogen) atoms. The first-order chi connectivity index (χ1) is 7.68. The number of ether oxygens (including phenoxy) is 2. The van der Waals surface area contributed by atoms with Crippen LogP contribution in [-0.4, -0.2) is 40.0 Å². The Morgan fingerprint density at radius 2 is 2.25 bits per heavy atom. The maximum absolute atomic E-state index is 5.58. The SMILES string of the molecule is COCCNCC1(CCC(C)C)CCOC1. The van der Waals surface area contributed by atoms with Crippen LogP contribution in [0.3, 0.4) is 0 Å². The highest BCUT2D eigenvalue weighted by Gasteiger charge is 2.34. The predicted molar refractivity (Wildman–Crippen MR) is 66.7 cm³/mol. The third-order valence-electron chi connectivity index (χ3n) is 3.42. The van der Waals surface area contributed by atoms with Crippen LogP contribution in [0.15, 0.2) is 0 Å². The Morgan fingerprint density at radius 3 is 2.81 bits per heavy atom. The molecule has 1 saturated heterocycles. The summed E-state index contributed by atoms with van der Waals surface area (Å²) in [4.78, 5) is 0. The number of methoxy groups -OCH3 is 1. The maximum atomic E-state index is 5.58. The van der Waals surface area contributed by atoms with Crippen LogP contribution >= 0.6 is 0 Å². The fourth-order valence-electron chi connectivity index (χ4n) is 2.20. The molecule has 1 unspecified atom stereocenters. The van der Waals surface area contributed by atoms with Crippen molar-refractivity contribution in [2.75, 3.05) is 40.0 Å². The van der Waals surface area contributed by atoms with Gasteiger partial charge in [-0.2, -0.15) is 0 Å². The van der Waals surface area contributed by atoms with E-state index in [0.717, 1.165) is 38.8 Å². The van der Waals surface area contributed by atoms with Gasteiger partial charge in [0.1, 0.15) is 0 Å². The lowest BCUT2D eigenvalue weighted by atomic mass is 9.80. The minimum Gasteiger partial charge on any atom is -0.383 e. The lowest BCUT2D eigenvalue weighted by Crippen LogP contribution is -2.36. The molecular weight excluding hydrogens is 202 g/mol. The van der Waals surface area contributed by atoms with E-state index in [-0.39, 0.29) is 0 Å². The molecule has 1 aliphatic rings. The van der Waals surface area contributed by atoms with Crippen molar-refractivity contribution in [3.63, 3.8) is 0 Å². The molecule has 96 valence electrons. The molecule has 1 aliphatic heterocycles. The van der Waals surface area contributed by atoms with Gasteiger partial charge in [0.05, 0.1) is 13.2 Å². The fourth-order valence-corrected chi connectivity index (χ4v) is 2.20. The Labute approximate surface area is 99.9 Å². The van der Waals surface area contributed by atoms with Crippen LogP contribution in [0, 0.1) is 11.3 Å². The summed E-state index contributed by atoms with van der Waals surface area (Å²) in [7, 11) is 1.74. The number of hydrogen-bond donors (Lipinski definition) is 1. The zero-order valence-corrected chi connectivity index (χ0v) is 11.1. The summed E-state index contributed by atoms with van der Waals surface area (Å²) in [5.74, 6) is 0.788. The van der Waals surface area contributed by atoms with Gasteiger partial charge < -0.3 is 14.8 Å². The van der Waals surface area contributed by atoms with Crippen molar-refractivity contribution in [2.24, 2.45) is 11.3 Å². The maximum Gasteiger partial charge on any atom is 0.0587 e. The van der Waals surface area contributed by atoms with Gasteiger partial charge in [-0.15, -0.1) is 0 Å². The van der Waals surface area contributed by atoms with Gasteiger partial charge in [-0.05, 0) is 18.8 Å². The van der Waals surface area contributed by atoms with Crippen LogP contribution in [0.2, 0.25) is 0 Å². The van der Waals surface area contributed by atoms with Crippen LogP contribution in [0.5, 0.6) is 0 Å². The molecule has 3 nitrogen and oxygen atoms in total. The molecule has 1 atom stereocenters. The topological polar surface area (TPSA) is 30.5 Å². The summed E-state index contributed by atoms with van der Waals surface area (Å²) in [6, 6.07) is 0. The molecule has 1 rings (SSSR count). The van der Waals surface area contributed by atoms with Gasteiger partial charge >= 0.3 is 0 Å². The minimum absolute atomic E-state index is 0.387. The van der Waals surface area contributed by atoms with Crippen molar-refractivity contribution in [3.8, 4) is 0 Å². The van der Waals surface area contributed by atoms with Gasteiger partial charge in [0.15, 0.2) is 0 Å². The zero-order valence-electron chi connectivity index (χ0n) is 11.1. The van der Waals surface area contributed by atoms with Gasteiger partial charge in [0.25, 0.3) is 0 Å². The van der Waals surface area contributed by atoms with Gasteiger partial charge in [0.2, 0.25) is 0 Å². The number of nitrogens with one attached hydrogen (secondary N) is 1. The Bertz CT molecular complexity index is 177. The average molecular weight is 229 g/mol. The molecule has 3 heteroatoms. The molecule has 0 aromatic heterocycles. The molecule has 0 bridgehead atoms. The predicted octanol–water partition coefficient (Wildman–Crippen LogP) is 2.07. The first-order valence-corrected chi connectivity index (χ1v) is 6.46. The molecule has 1 fully saturated rings. The van der Waals surface area contributed by atoms with E-state index >= 15 is 0 Å². The second-order valence-electron chi connectivity index (χ2n) is 5.40. The van der Waals surface area contributed by atoms with Gasteiger partial charge in [-0.3, -0.25) is 0 Å². The minimum atomic E-state index is 0.387. The standard InChI is InChI=1S/C13H27NO2/c1-12(2)4-5-13(6-8-16-11-13)10-14-7-9-15-3/h12,14H,4-11H2,1-3H3. The van der Waals surface area contributed by atoms with Crippen LogP contribution in [0.4, 0.5) is 0 Å². The molecule has 1 heterocycles. The van der Waals surface area contributed by atoms with Crippen LogP contribution in [0.25, 0.3) is 0 Å². The lowest BCUT2D eigenvalue weighted by Gasteiger charge is -2.28. The van der Waals surface area contributed by atoms with Crippen molar-refractivity contribution in [1.29, 1.82) is 0 Å². The molecule has 1 N–H and O–H groups in total. The molecule has 0 aliphatic carbocycles. The molecule has 0 saturated carbocycles. The fraction of sp³-hybridized carbons (Fsp3) is 1.00. The zero-order chi connectivity index (χ0) is 11.9.